The first-order valence-corrected chi connectivity index (χ1v) is 9.21. The summed E-state index contributed by atoms with van der Waals surface area (Å²) in [4.78, 5) is 19.5. The van der Waals surface area contributed by atoms with Crippen LogP contribution < -0.4 is 10.6 Å². The fourth-order valence-corrected chi connectivity index (χ4v) is 3.41. The molecule has 1 aliphatic rings. The van der Waals surface area contributed by atoms with E-state index in [9.17, 15) is 4.79 Å². The van der Waals surface area contributed by atoms with Gasteiger partial charge in [0.1, 0.15) is 0 Å². The van der Waals surface area contributed by atoms with Gasteiger partial charge in [0.25, 0.3) is 5.91 Å². The fourth-order valence-electron chi connectivity index (χ4n) is 3.05. The number of aromatic nitrogens is 1. The molecule has 0 radical (unpaired) electrons. The number of benzene rings is 1. The van der Waals surface area contributed by atoms with Crippen LogP contribution in [-0.4, -0.2) is 55.1 Å². The summed E-state index contributed by atoms with van der Waals surface area (Å²) in [6.45, 7) is 7.95. The molecule has 1 aliphatic heterocycles. The van der Waals surface area contributed by atoms with Crippen molar-refractivity contribution in [1.29, 1.82) is 0 Å². The minimum absolute atomic E-state index is 0.0242. The number of rotatable bonds is 5. The highest BCUT2D eigenvalue weighted by molar-refractivity contribution is 9.10. The van der Waals surface area contributed by atoms with Crippen LogP contribution in [0.2, 0.25) is 0 Å². The first kappa shape index (κ1) is 17.3. The highest BCUT2D eigenvalue weighted by atomic mass is 79.9. The van der Waals surface area contributed by atoms with Gasteiger partial charge >= 0.3 is 0 Å². The molecular formula is C18H23BrN4O. The first-order valence-electron chi connectivity index (χ1n) is 8.42. The Kier molecular flexibility index (Phi) is 5.81. The van der Waals surface area contributed by atoms with Crippen LogP contribution in [0.25, 0.3) is 10.9 Å². The monoisotopic (exact) mass is 390 g/mol. The largest absolute Gasteiger partial charge is 0.352 e. The van der Waals surface area contributed by atoms with Gasteiger partial charge in [0.05, 0.1) is 11.1 Å². The van der Waals surface area contributed by atoms with Crippen molar-refractivity contribution in [2.75, 3.05) is 39.3 Å². The molecule has 0 spiro atoms. The molecule has 0 saturated carbocycles. The summed E-state index contributed by atoms with van der Waals surface area (Å²) in [6.07, 6.45) is 0.970. The molecule has 128 valence electrons. The molecule has 0 unspecified atom stereocenters. The SMILES string of the molecule is Cc1cc(C(=O)NCCCN2CCNCC2)c2cc(Br)ccc2n1. The molecule has 2 aromatic rings. The molecule has 1 saturated heterocycles. The average molecular weight is 391 g/mol. The molecule has 1 amide bonds. The number of piperazine rings is 1. The lowest BCUT2D eigenvalue weighted by Crippen LogP contribution is -2.44. The molecule has 2 N–H and O–H groups in total. The number of carbonyl (C=O) groups excluding carboxylic acids is 1. The van der Waals surface area contributed by atoms with E-state index in [1.54, 1.807) is 0 Å². The Hall–Kier alpha value is -1.50. The van der Waals surface area contributed by atoms with E-state index in [2.05, 4.69) is 36.4 Å². The van der Waals surface area contributed by atoms with Crippen molar-refractivity contribution in [1.82, 2.24) is 20.5 Å². The van der Waals surface area contributed by atoms with Crippen LogP contribution in [0, 0.1) is 6.92 Å². The molecule has 0 atom stereocenters. The van der Waals surface area contributed by atoms with Gasteiger partial charge in [0.15, 0.2) is 0 Å². The van der Waals surface area contributed by atoms with Gasteiger partial charge in [-0.1, -0.05) is 15.9 Å². The Morgan fingerprint density at radius 2 is 2.12 bits per heavy atom. The third-order valence-corrected chi connectivity index (χ3v) is 4.78. The van der Waals surface area contributed by atoms with Crippen molar-refractivity contribution < 1.29 is 4.79 Å². The summed E-state index contributed by atoms with van der Waals surface area (Å²) in [6, 6.07) is 7.70. The highest BCUT2D eigenvalue weighted by Gasteiger charge is 2.13. The van der Waals surface area contributed by atoms with Crippen molar-refractivity contribution in [2.45, 2.75) is 13.3 Å². The number of pyridine rings is 1. The van der Waals surface area contributed by atoms with E-state index in [4.69, 9.17) is 0 Å². The van der Waals surface area contributed by atoms with Crippen molar-refractivity contribution >= 4 is 32.7 Å². The maximum absolute atomic E-state index is 12.6. The molecule has 3 rings (SSSR count). The van der Waals surface area contributed by atoms with E-state index in [0.717, 1.165) is 60.2 Å². The Morgan fingerprint density at radius 1 is 1.33 bits per heavy atom. The predicted octanol–water partition coefficient (Wildman–Crippen LogP) is 2.33. The summed E-state index contributed by atoms with van der Waals surface area (Å²) in [5.41, 5.74) is 2.40. The summed E-state index contributed by atoms with van der Waals surface area (Å²) >= 11 is 3.47. The third-order valence-electron chi connectivity index (χ3n) is 4.29. The van der Waals surface area contributed by atoms with Crippen LogP contribution in [0.5, 0.6) is 0 Å². The number of carbonyl (C=O) groups is 1. The minimum atomic E-state index is -0.0242. The predicted molar refractivity (Wildman–Crippen MR) is 100 cm³/mol. The van der Waals surface area contributed by atoms with Crippen molar-refractivity contribution in [2.24, 2.45) is 0 Å². The zero-order valence-corrected chi connectivity index (χ0v) is 15.5. The number of amides is 1. The summed E-state index contributed by atoms with van der Waals surface area (Å²) in [5.74, 6) is -0.0242. The van der Waals surface area contributed by atoms with Gasteiger partial charge in [-0.2, -0.15) is 0 Å². The van der Waals surface area contributed by atoms with Gasteiger partial charge in [-0.05, 0) is 44.2 Å². The molecule has 1 aromatic carbocycles. The van der Waals surface area contributed by atoms with Gasteiger partial charge in [-0.15, -0.1) is 0 Å². The molecule has 5 nitrogen and oxygen atoms in total. The molecule has 1 aromatic heterocycles. The Bertz CT molecular complexity index is 728. The number of halogens is 1. The Balaban J connectivity index is 1.62. The van der Waals surface area contributed by atoms with E-state index in [1.807, 2.05) is 31.2 Å². The number of fused-ring (bicyclic) bond motifs is 1. The van der Waals surface area contributed by atoms with Crippen LogP contribution in [-0.2, 0) is 0 Å². The summed E-state index contributed by atoms with van der Waals surface area (Å²) < 4.78 is 0.952. The average Bonchev–Trinajstić information content (AvgIpc) is 2.59. The van der Waals surface area contributed by atoms with Crippen molar-refractivity contribution in [3.05, 3.63) is 40.0 Å². The van der Waals surface area contributed by atoms with E-state index < -0.39 is 0 Å². The number of aryl methyl sites for hydroxylation is 1. The standard InChI is InChI=1S/C18H23BrN4O/c1-13-11-16(15-12-14(19)3-4-17(15)22-13)18(24)21-5-2-8-23-9-6-20-7-10-23/h3-4,11-12,20H,2,5-10H2,1H3,(H,21,24). The van der Waals surface area contributed by atoms with Crippen LogP contribution in [0.1, 0.15) is 22.5 Å². The number of nitrogens with zero attached hydrogens (tertiary/aromatic N) is 2. The number of hydrogen-bond acceptors (Lipinski definition) is 4. The molecule has 0 aliphatic carbocycles. The zero-order chi connectivity index (χ0) is 16.9. The highest BCUT2D eigenvalue weighted by Crippen LogP contribution is 2.22. The van der Waals surface area contributed by atoms with Crippen molar-refractivity contribution in [3.8, 4) is 0 Å². The quantitative estimate of drug-likeness (QED) is 0.769. The molecule has 2 heterocycles. The topological polar surface area (TPSA) is 57.3 Å². The second kappa shape index (κ2) is 8.05. The maximum atomic E-state index is 12.6. The normalized spacial score (nSPS) is 15.6. The first-order chi connectivity index (χ1) is 11.6. The van der Waals surface area contributed by atoms with E-state index in [1.165, 1.54) is 0 Å². The van der Waals surface area contributed by atoms with Gasteiger partial charge < -0.3 is 15.5 Å². The second-order valence-corrected chi connectivity index (χ2v) is 7.09. The summed E-state index contributed by atoms with van der Waals surface area (Å²) in [5, 5.41) is 7.29. The summed E-state index contributed by atoms with van der Waals surface area (Å²) in [7, 11) is 0. The molecular weight excluding hydrogens is 368 g/mol. The minimum Gasteiger partial charge on any atom is -0.352 e. The van der Waals surface area contributed by atoms with E-state index in [-0.39, 0.29) is 5.91 Å². The van der Waals surface area contributed by atoms with Gasteiger partial charge in [-0.3, -0.25) is 9.78 Å². The molecule has 24 heavy (non-hydrogen) atoms. The fraction of sp³-hybridized carbons (Fsp3) is 0.444. The van der Waals surface area contributed by atoms with Crippen LogP contribution in [0.4, 0.5) is 0 Å². The van der Waals surface area contributed by atoms with Gasteiger partial charge in [0.2, 0.25) is 0 Å². The lowest BCUT2D eigenvalue weighted by atomic mass is 10.1. The smallest absolute Gasteiger partial charge is 0.252 e. The van der Waals surface area contributed by atoms with Gasteiger partial charge in [0, 0.05) is 48.3 Å². The van der Waals surface area contributed by atoms with Gasteiger partial charge in [-0.25, -0.2) is 0 Å². The number of hydrogen-bond donors (Lipinski definition) is 2. The number of nitrogens with one attached hydrogen (secondary N) is 2. The lowest BCUT2D eigenvalue weighted by molar-refractivity contribution is 0.0952. The third kappa shape index (κ3) is 4.32. The van der Waals surface area contributed by atoms with Crippen LogP contribution in [0.15, 0.2) is 28.7 Å². The molecule has 6 heteroatoms. The lowest BCUT2D eigenvalue weighted by Gasteiger charge is -2.27. The van der Waals surface area contributed by atoms with Crippen LogP contribution in [0.3, 0.4) is 0 Å². The Labute approximate surface area is 150 Å². The molecule has 1 fully saturated rings. The maximum Gasteiger partial charge on any atom is 0.252 e. The zero-order valence-electron chi connectivity index (χ0n) is 13.9. The van der Waals surface area contributed by atoms with Crippen LogP contribution >= 0.6 is 15.9 Å². The Morgan fingerprint density at radius 3 is 2.92 bits per heavy atom. The van der Waals surface area contributed by atoms with E-state index in [0.29, 0.717) is 12.1 Å². The van der Waals surface area contributed by atoms with Crippen molar-refractivity contribution in [3.63, 3.8) is 0 Å². The van der Waals surface area contributed by atoms with E-state index >= 15 is 0 Å². The molecule has 0 bridgehead atoms. The second-order valence-electron chi connectivity index (χ2n) is 6.17.